The molecule has 33 heavy (non-hydrogen) atoms. The van der Waals surface area contributed by atoms with Gasteiger partial charge in [0.2, 0.25) is 0 Å². The first-order valence-corrected chi connectivity index (χ1v) is 11.1. The predicted octanol–water partition coefficient (Wildman–Crippen LogP) is 5.32. The second kappa shape index (κ2) is 8.32. The number of hydrogen-bond acceptors (Lipinski definition) is 5. The van der Waals surface area contributed by atoms with Gasteiger partial charge in [-0.25, -0.2) is 4.79 Å². The molecule has 1 aliphatic heterocycles. The molecule has 1 aliphatic rings. The van der Waals surface area contributed by atoms with E-state index in [-0.39, 0.29) is 5.97 Å². The van der Waals surface area contributed by atoms with E-state index in [1.54, 1.807) is 6.07 Å². The number of hydrogen-bond donors (Lipinski definition) is 2. The number of nitrogens with two attached hydrogens (primary N) is 1. The van der Waals surface area contributed by atoms with Gasteiger partial charge in [-0.1, -0.05) is 24.3 Å². The molecule has 0 aliphatic carbocycles. The van der Waals surface area contributed by atoms with Gasteiger partial charge in [0.05, 0.1) is 5.56 Å². The third-order valence-corrected chi connectivity index (χ3v) is 6.60. The number of benzene rings is 3. The van der Waals surface area contributed by atoms with E-state index in [9.17, 15) is 4.79 Å². The Kier molecular flexibility index (Phi) is 5.66. The van der Waals surface area contributed by atoms with Gasteiger partial charge in [0, 0.05) is 54.4 Å². The van der Waals surface area contributed by atoms with E-state index in [1.165, 1.54) is 0 Å². The minimum atomic E-state index is -1.05. The zero-order valence-electron chi connectivity index (χ0n) is 20.0. The van der Waals surface area contributed by atoms with E-state index in [0.717, 1.165) is 44.8 Å². The molecule has 0 fully saturated rings. The van der Waals surface area contributed by atoms with Gasteiger partial charge in [-0.15, -0.1) is 6.58 Å². The Morgan fingerprint density at radius 3 is 2.36 bits per heavy atom. The Bertz CT molecular complexity index is 1240. The molecule has 1 heterocycles. The van der Waals surface area contributed by atoms with E-state index in [0.29, 0.717) is 17.8 Å². The molecule has 0 saturated heterocycles. The first-order chi connectivity index (χ1) is 15.7. The van der Waals surface area contributed by atoms with Gasteiger partial charge in [0.25, 0.3) is 0 Å². The second-order valence-electron chi connectivity index (χ2n) is 8.85. The van der Waals surface area contributed by atoms with Crippen LogP contribution in [0, 0.1) is 20.8 Å². The number of cyclic esters (lactones) is 1. The highest BCUT2D eigenvalue weighted by Gasteiger charge is 2.50. The monoisotopic (exact) mass is 441 g/mol. The van der Waals surface area contributed by atoms with Crippen LogP contribution in [0.25, 0.3) is 0 Å². The van der Waals surface area contributed by atoms with Crippen LogP contribution in [0.1, 0.15) is 43.7 Å². The van der Waals surface area contributed by atoms with Crippen molar-refractivity contribution < 1.29 is 9.53 Å². The summed E-state index contributed by atoms with van der Waals surface area (Å²) in [4.78, 5) is 15.3. The standard InChI is InChI=1S/C28H31N3O2/c1-7-14-30-21-10-13-24(17(2)15-21)28(20-8-11-22(12-9-20)31(5)6)26-19(4)18(3)25(29)16-23(26)27(32)33-28/h7-13,15-16,30H,1,14,29H2,2-6H3. The van der Waals surface area contributed by atoms with Gasteiger partial charge in [0.15, 0.2) is 5.60 Å². The highest BCUT2D eigenvalue weighted by atomic mass is 16.6. The fourth-order valence-corrected chi connectivity index (χ4v) is 4.70. The average molecular weight is 442 g/mol. The molecule has 0 saturated carbocycles. The first-order valence-electron chi connectivity index (χ1n) is 11.1. The van der Waals surface area contributed by atoms with Crippen LogP contribution in [0.15, 0.2) is 61.2 Å². The third kappa shape index (κ3) is 3.54. The molecule has 0 spiro atoms. The Morgan fingerprint density at radius 1 is 1.06 bits per heavy atom. The molecule has 0 radical (unpaired) electrons. The highest BCUT2D eigenvalue weighted by molar-refractivity contribution is 5.98. The van der Waals surface area contributed by atoms with Crippen molar-refractivity contribution in [3.05, 3.63) is 100 Å². The van der Waals surface area contributed by atoms with Crippen LogP contribution in [-0.2, 0) is 10.3 Å². The second-order valence-corrected chi connectivity index (χ2v) is 8.85. The van der Waals surface area contributed by atoms with Crippen molar-refractivity contribution in [2.45, 2.75) is 26.4 Å². The number of carbonyl (C=O) groups excluding carboxylic acids is 1. The van der Waals surface area contributed by atoms with Gasteiger partial charge < -0.3 is 20.7 Å². The Balaban J connectivity index is 2.02. The average Bonchev–Trinajstić information content (AvgIpc) is 3.09. The molecule has 1 unspecified atom stereocenters. The fourth-order valence-electron chi connectivity index (χ4n) is 4.70. The van der Waals surface area contributed by atoms with Crippen molar-refractivity contribution in [1.82, 2.24) is 0 Å². The molecule has 3 N–H and O–H groups in total. The molecule has 4 rings (SSSR count). The van der Waals surface area contributed by atoms with Crippen LogP contribution < -0.4 is 16.0 Å². The molecule has 170 valence electrons. The van der Waals surface area contributed by atoms with Crippen molar-refractivity contribution in [1.29, 1.82) is 0 Å². The highest BCUT2D eigenvalue weighted by Crippen LogP contribution is 2.51. The number of nitrogens with one attached hydrogen (secondary N) is 1. The SMILES string of the molecule is C=CCNc1ccc(C2(c3ccc(N(C)C)cc3)OC(=O)c3cc(N)c(C)c(C)c32)c(C)c1. The molecule has 5 nitrogen and oxygen atoms in total. The lowest BCUT2D eigenvalue weighted by molar-refractivity contribution is 0.0249. The summed E-state index contributed by atoms with van der Waals surface area (Å²) in [5.41, 5.74) is 14.0. The van der Waals surface area contributed by atoms with Crippen molar-refractivity contribution >= 4 is 23.0 Å². The smallest absolute Gasteiger partial charge is 0.340 e. The van der Waals surface area contributed by atoms with Crippen molar-refractivity contribution in [3.63, 3.8) is 0 Å². The molecule has 0 bridgehead atoms. The molecule has 3 aromatic rings. The largest absolute Gasteiger partial charge is 0.441 e. The molecule has 1 atom stereocenters. The number of aryl methyl sites for hydroxylation is 1. The number of fused-ring (bicyclic) bond motifs is 1. The maximum absolute atomic E-state index is 13.2. The summed E-state index contributed by atoms with van der Waals surface area (Å²) in [7, 11) is 4.01. The molecule has 0 aromatic heterocycles. The van der Waals surface area contributed by atoms with Crippen LogP contribution in [0.4, 0.5) is 17.1 Å². The van der Waals surface area contributed by atoms with Crippen LogP contribution in [-0.4, -0.2) is 26.6 Å². The summed E-state index contributed by atoms with van der Waals surface area (Å²) in [6.07, 6.45) is 1.82. The minimum absolute atomic E-state index is 0.357. The maximum atomic E-state index is 13.2. The summed E-state index contributed by atoms with van der Waals surface area (Å²) in [6.45, 7) is 10.5. The minimum Gasteiger partial charge on any atom is -0.441 e. The molecule has 3 aromatic carbocycles. The molecule has 0 amide bonds. The number of nitrogen functional groups attached to an aromatic ring is 1. The van der Waals surface area contributed by atoms with Crippen molar-refractivity contribution in [3.8, 4) is 0 Å². The van der Waals surface area contributed by atoms with Crippen LogP contribution in [0.5, 0.6) is 0 Å². The fraction of sp³-hybridized carbons (Fsp3) is 0.250. The lowest BCUT2D eigenvalue weighted by Gasteiger charge is -2.33. The summed E-state index contributed by atoms with van der Waals surface area (Å²) < 4.78 is 6.34. The lowest BCUT2D eigenvalue weighted by Crippen LogP contribution is -2.31. The quantitative estimate of drug-likeness (QED) is 0.308. The number of rotatable bonds is 6. The van der Waals surface area contributed by atoms with Gasteiger partial charge in [-0.05, 0) is 67.8 Å². The van der Waals surface area contributed by atoms with Crippen LogP contribution in [0.2, 0.25) is 0 Å². The Hall–Kier alpha value is -3.73. The van der Waals surface area contributed by atoms with E-state index in [4.69, 9.17) is 10.5 Å². The summed E-state index contributed by atoms with van der Waals surface area (Å²) >= 11 is 0. The number of anilines is 3. The molecule has 5 heteroatoms. The summed E-state index contributed by atoms with van der Waals surface area (Å²) in [5, 5.41) is 3.33. The lowest BCUT2D eigenvalue weighted by atomic mass is 9.75. The number of ether oxygens (including phenoxy) is 1. The number of esters is 1. The predicted molar refractivity (Wildman–Crippen MR) is 136 cm³/mol. The van der Waals surface area contributed by atoms with Gasteiger partial charge >= 0.3 is 5.97 Å². The molecular formula is C28H31N3O2. The number of nitrogens with zero attached hydrogens (tertiary/aromatic N) is 1. The normalized spacial score (nSPS) is 16.8. The van der Waals surface area contributed by atoms with E-state index in [1.807, 2.05) is 63.2 Å². The zero-order valence-corrected chi connectivity index (χ0v) is 20.0. The van der Waals surface area contributed by atoms with Gasteiger partial charge in [0.1, 0.15) is 0 Å². The van der Waals surface area contributed by atoms with Crippen LogP contribution in [0.3, 0.4) is 0 Å². The van der Waals surface area contributed by atoms with Crippen molar-refractivity contribution in [2.24, 2.45) is 0 Å². The zero-order chi connectivity index (χ0) is 23.9. The molecular weight excluding hydrogens is 410 g/mol. The van der Waals surface area contributed by atoms with Gasteiger partial charge in [-0.3, -0.25) is 0 Å². The Morgan fingerprint density at radius 2 is 1.76 bits per heavy atom. The third-order valence-electron chi connectivity index (χ3n) is 6.60. The van der Waals surface area contributed by atoms with Crippen molar-refractivity contribution in [2.75, 3.05) is 36.6 Å². The van der Waals surface area contributed by atoms with E-state index >= 15 is 0 Å². The Labute approximate surface area is 195 Å². The summed E-state index contributed by atoms with van der Waals surface area (Å²) in [6, 6.07) is 16.1. The van der Waals surface area contributed by atoms with E-state index in [2.05, 4.69) is 37.0 Å². The topological polar surface area (TPSA) is 67.6 Å². The first kappa shape index (κ1) is 22.5. The van der Waals surface area contributed by atoms with Gasteiger partial charge in [-0.2, -0.15) is 0 Å². The summed E-state index contributed by atoms with van der Waals surface area (Å²) in [5.74, 6) is -0.357. The van der Waals surface area contributed by atoms with Crippen LogP contribution >= 0.6 is 0 Å². The maximum Gasteiger partial charge on any atom is 0.340 e. The number of carbonyl (C=O) groups is 1. The van der Waals surface area contributed by atoms with E-state index < -0.39 is 5.60 Å².